The first-order valence-corrected chi connectivity index (χ1v) is 9.33. The van der Waals surface area contributed by atoms with E-state index in [1.807, 2.05) is 13.0 Å². The minimum atomic E-state index is -0.334. The molecule has 1 aliphatic heterocycles. The van der Waals surface area contributed by atoms with Crippen molar-refractivity contribution in [3.8, 4) is 5.75 Å². The number of esters is 1. The van der Waals surface area contributed by atoms with E-state index in [-0.39, 0.29) is 36.7 Å². The number of benzene rings is 1. The molecule has 1 aliphatic rings. The largest absolute Gasteiger partial charge is 0.497 e. The van der Waals surface area contributed by atoms with Crippen molar-refractivity contribution in [2.24, 2.45) is 5.92 Å². The zero-order valence-corrected chi connectivity index (χ0v) is 16.2. The van der Waals surface area contributed by atoms with Gasteiger partial charge in [0.05, 0.1) is 20.1 Å². The Hall–Kier alpha value is -2.57. The van der Waals surface area contributed by atoms with Crippen molar-refractivity contribution in [3.63, 3.8) is 0 Å². The minimum Gasteiger partial charge on any atom is -0.497 e. The third-order valence-electron chi connectivity index (χ3n) is 4.69. The standard InChI is InChI=1S/C20H28N2O5/c1-4-27-18(23)9-10-21-20(25)22-11-5-6-15(13-22)19(24)17-8-7-16(26-3)12-14(17)2/h7-8,12,15H,4-6,9-11,13H2,1-3H3,(H,21,25). The number of rotatable bonds is 7. The van der Waals surface area contributed by atoms with Crippen LogP contribution in [-0.4, -0.2) is 56.0 Å². The van der Waals surface area contributed by atoms with Crippen LogP contribution in [0.2, 0.25) is 0 Å². The molecule has 1 aromatic carbocycles. The van der Waals surface area contributed by atoms with Crippen LogP contribution >= 0.6 is 0 Å². The van der Waals surface area contributed by atoms with E-state index in [2.05, 4.69) is 5.32 Å². The van der Waals surface area contributed by atoms with Gasteiger partial charge >= 0.3 is 12.0 Å². The molecule has 1 fully saturated rings. The monoisotopic (exact) mass is 376 g/mol. The molecule has 1 saturated heterocycles. The second kappa shape index (κ2) is 9.94. The summed E-state index contributed by atoms with van der Waals surface area (Å²) >= 11 is 0. The Bertz CT molecular complexity index is 689. The van der Waals surface area contributed by atoms with Crippen LogP contribution in [0, 0.1) is 12.8 Å². The van der Waals surface area contributed by atoms with E-state index >= 15 is 0 Å². The second-order valence-corrected chi connectivity index (χ2v) is 6.62. The number of ketones is 1. The Balaban J connectivity index is 1.92. The van der Waals surface area contributed by atoms with E-state index in [4.69, 9.17) is 9.47 Å². The number of Topliss-reactive ketones (excluding diaryl/α,β-unsaturated/α-hetero) is 1. The molecule has 1 aromatic rings. The summed E-state index contributed by atoms with van der Waals surface area (Å²) in [5, 5.41) is 2.73. The number of aryl methyl sites for hydroxylation is 1. The summed E-state index contributed by atoms with van der Waals surface area (Å²) in [4.78, 5) is 38.2. The molecule has 0 aliphatic carbocycles. The summed E-state index contributed by atoms with van der Waals surface area (Å²) in [7, 11) is 1.59. The Kier molecular flexibility index (Phi) is 7.64. The molecular weight excluding hydrogens is 348 g/mol. The fraction of sp³-hybridized carbons (Fsp3) is 0.550. The lowest BCUT2D eigenvalue weighted by atomic mass is 9.88. The van der Waals surface area contributed by atoms with Gasteiger partial charge in [0.2, 0.25) is 0 Å². The Morgan fingerprint density at radius 2 is 2.07 bits per heavy atom. The van der Waals surface area contributed by atoms with Gasteiger partial charge in [-0.25, -0.2) is 4.79 Å². The average Bonchev–Trinajstić information content (AvgIpc) is 2.67. The van der Waals surface area contributed by atoms with E-state index in [0.29, 0.717) is 25.3 Å². The van der Waals surface area contributed by atoms with Gasteiger partial charge in [0.1, 0.15) is 5.75 Å². The van der Waals surface area contributed by atoms with Crippen LogP contribution in [0.25, 0.3) is 0 Å². The highest BCUT2D eigenvalue weighted by Crippen LogP contribution is 2.24. The highest BCUT2D eigenvalue weighted by molar-refractivity contribution is 5.99. The number of hydrogen-bond donors (Lipinski definition) is 1. The van der Waals surface area contributed by atoms with E-state index in [1.165, 1.54) is 0 Å². The number of likely N-dealkylation sites (tertiary alicyclic amines) is 1. The fourth-order valence-electron chi connectivity index (χ4n) is 3.25. The van der Waals surface area contributed by atoms with Crippen LogP contribution in [0.4, 0.5) is 4.79 Å². The molecule has 1 atom stereocenters. The van der Waals surface area contributed by atoms with Crippen molar-refractivity contribution < 1.29 is 23.9 Å². The summed E-state index contributed by atoms with van der Waals surface area (Å²) in [6.07, 6.45) is 1.68. The molecule has 27 heavy (non-hydrogen) atoms. The zero-order chi connectivity index (χ0) is 19.8. The predicted molar refractivity (Wildman–Crippen MR) is 101 cm³/mol. The molecule has 1 unspecified atom stereocenters. The van der Waals surface area contributed by atoms with E-state index < -0.39 is 0 Å². The van der Waals surface area contributed by atoms with Crippen molar-refractivity contribution in [2.45, 2.75) is 33.1 Å². The number of methoxy groups -OCH3 is 1. The fourth-order valence-corrected chi connectivity index (χ4v) is 3.25. The molecule has 0 saturated carbocycles. The van der Waals surface area contributed by atoms with Gasteiger partial charge in [-0.2, -0.15) is 0 Å². The molecule has 0 spiro atoms. The van der Waals surface area contributed by atoms with Gasteiger partial charge in [-0.05, 0) is 50.5 Å². The third-order valence-corrected chi connectivity index (χ3v) is 4.69. The lowest BCUT2D eigenvalue weighted by molar-refractivity contribution is -0.142. The van der Waals surface area contributed by atoms with Crippen molar-refractivity contribution >= 4 is 17.8 Å². The quantitative estimate of drug-likeness (QED) is 0.584. The topological polar surface area (TPSA) is 84.9 Å². The van der Waals surface area contributed by atoms with Gasteiger partial charge in [0, 0.05) is 31.1 Å². The molecule has 2 rings (SSSR count). The molecule has 148 valence electrons. The summed E-state index contributed by atoms with van der Waals surface area (Å²) < 4.78 is 10.0. The van der Waals surface area contributed by atoms with Crippen molar-refractivity contribution in [1.82, 2.24) is 10.2 Å². The molecule has 1 heterocycles. The highest BCUT2D eigenvalue weighted by atomic mass is 16.5. The first kappa shape index (κ1) is 20.7. The normalized spacial score (nSPS) is 16.6. The molecule has 2 amide bonds. The van der Waals surface area contributed by atoms with E-state index in [1.54, 1.807) is 31.1 Å². The predicted octanol–water partition coefficient (Wildman–Crippen LogP) is 2.56. The van der Waals surface area contributed by atoms with Crippen molar-refractivity contribution in [2.75, 3.05) is 33.4 Å². The van der Waals surface area contributed by atoms with E-state index in [0.717, 1.165) is 24.2 Å². The number of hydrogen-bond acceptors (Lipinski definition) is 5. The Morgan fingerprint density at radius 3 is 2.74 bits per heavy atom. The summed E-state index contributed by atoms with van der Waals surface area (Å²) in [5.41, 5.74) is 1.54. The van der Waals surface area contributed by atoms with Crippen LogP contribution in [-0.2, 0) is 9.53 Å². The number of nitrogens with zero attached hydrogens (tertiary/aromatic N) is 1. The van der Waals surface area contributed by atoms with Crippen LogP contribution in [0.15, 0.2) is 18.2 Å². The number of urea groups is 1. The number of carbonyl (C=O) groups is 3. The maximum absolute atomic E-state index is 12.9. The molecule has 0 radical (unpaired) electrons. The Labute approximate surface area is 160 Å². The molecule has 0 bridgehead atoms. The lowest BCUT2D eigenvalue weighted by Gasteiger charge is -2.32. The first-order chi connectivity index (χ1) is 13.0. The SMILES string of the molecule is CCOC(=O)CCNC(=O)N1CCCC(C(=O)c2ccc(OC)cc2C)C1. The van der Waals surface area contributed by atoms with Gasteiger partial charge in [0.15, 0.2) is 5.78 Å². The third kappa shape index (κ3) is 5.70. The number of carbonyl (C=O) groups excluding carboxylic acids is 3. The summed E-state index contributed by atoms with van der Waals surface area (Å²) in [6.45, 7) is 5.17. The van der Waals surface area contributed by atoms with Crippen LogP contribution in [0.3, 0.4) is 0 Å². The zero-order valence-electron chi connectivity index (χ0n) is 16.2. The van der Waals surface area contributed by atoms with Gasteiger partial charge in [-0.3, -0.25) is 9.59 Å². The van der Waals surface area contributed by atoms with Gasteiger partial charge in [0.25, 0.3) is 0 Å². The number of ether oxygens (including phenoxy) is 2. The summed E-state index contributed by atoms with van der Waals surface area (Å²) in [6, 6.07) is 5.16. The smallest absolute Gasteiger partial charge is 0.317 e. The van der Waals surface area contributed by atoms with Crippen LogP contribution < -0.4 is 10.1 Å². The van der Waals surface area contributed by atoms with Gasteiger partial charge in [-0.1, -0.05) is 0 Å². The Morgan fingerprint density at radius 1 is 1.30 bits per heavy atom. The number of amides is 2. The van der Waals surface area contributed by atoms with Crippen LogP contribution in [0.5, 0.6) is 5.75 Å². The molecule has 1 N–H and O–H groups in total. The van der Waals surface area contributed by atoms with Crippen molar-refractivity contribution in [1.29, 1.82) is 0 Å². The molecule has 7 heteroatoms. The maximum Gasteiger partial charge on any atom is 0.317 e. The lowest BCUT2D eigenvalue weighted by Crippen LogP contribution is -2.47. The molecule has 0 aromatic heterocycles. The van der Waals surface area contributed by atoms with E-state index in [9.17, 15) is 14.4 Å². The first-order valence-electron chi connectivity index (χ1n) is 9.33. The maximum atomic E-state index is 12.9. The second-order valence-electron chi connectivity index (χ2n) is 6.62. The van der Waals surface area contributed by atoms with Gasteiger partial charge in [-0.15, -0.1) is 0 Å². The number of nitrogens with one attached hydrogen (secondary N) is 1. The van der Waals surface area contributed by atoms with Gasteiger partial charge < -0.3 is 19.7 Å². The van der Waals surface area contributed by atoms with Crippen LogP contribution in [0.1, 0.15) is 42.1 Å². The molecular formula is C20H28N2O5. The average molecular weight is 376 g/mol. The van der Waals surface area contributed by atoms with Crippen molar-refractivity contribution in [3.05, 3.63) is 29.3 Å². The highest BCUT2D eigenvalue weighted by Gasteiger charge is 2.29. The minimum absolute atomic E-state index is 0.0548. The summed E-state index contributed by atoms with van der Waals surface area (Å²) in [5.74, 6) is 0.218. The number of piperidine rings is 1. The molecule has 7 nitrogen and oxygen atoms in total.